The molecule has 0 aliphatic heterocycles. The van der Waals surface area contributed by atoms with Crippen LogP contribution in [0.5, 0.6) is 0 Å². The fourth-order valence-electron chi connectivity index (χ4n) is 1.48. The molecule has 4 nitrogen and oxygen atoms in total. The van der Waals surface area contributed by atoms with Crippen LogP contribution in [-0.2, 0) is 4.79 Å². The molecule has 0 bridgehead atoms. The number of halogens is 1. The lowest BCUT2D eigenvalue weighted by molar-refractivity contribution is -0.122. The third-order valence-corrected chi connectivity index (χ3v) is 2.72. The predicted octanol–water partition coefficient (Wildman–Crippen LogP) is 1.78. The molecular formula is C14H19FN2O2. The number of hydrogen-bond donors (Lipinski definition) is 2. The first-order valence-electron chi connectivity index (χ1n) is 6.30. The van der Waals surface area contributed by atoms with Crippen molar-refractivity contribution in [2.45, 2.75) is 33.2 Å². The van der Waals surface area contributed by atoms with E-state index in [1.54, 1.807) is 13.8 Å². The zero-order valence-corrected chi connectivity index (χ0v) is 11.4. The second kappa shape index (κ2) is 6.87. The molecule has 1 aromatic carbocycles. The fraction of sp³-hybridized carbons (Fsp3) is 0.429. The first kappa shape index (κ1) is 15.1. The van der Waals surface area contributed by atoms with Crippen LogP contribution < -0.4 is 10.6 Å². The van der Waals surface area contributed by atoms with Gasteiger partial charge in [-0.3, -0.25) is 9.59 Å². The van der Waals surface area contributed by atoms with Gasteiger partial charge in [0.05, 0.1) is 0 Å². The first-order chi connectivity index (χ1) is 8.95. The maximum absolute atomic E-state index is 13.3. The fourth-order valence-corrected chi connectivity index (χ4v) is 1.48. The van der Waals surface area contributed by atoms with Crippen LogP contribution in [0.25, 0.3) is 0 Å². The summed E-state index contributed by atoms with van der Waals surface area (Å²) in [5.74, 6) is -1.14. The molecule has 0 aromatic heterocycles. The average Bonchev–Trinajstić information content (AvgIpc) is 2.38. The molecule has 2 amide bonds. The molecule has 2 N–H and O–H groups in total. The summed E-state index contributed by atoms with van der Waals surface area (Å²) < 4.78 is 13.3. The molecule has 0 heterocycles. The van der Waals surface area contributed by atoms with E-state index in [0.29, 0.717) is 12.1 Å². The Balaban J connectivity index is 2.63. The van der Waals surface area contributed by atoms with Gasteiger partial charge in [-0.1, -0.05) is 13.0 Å². The molecule has 1 atom stereocenters. The van der Waals surface area contributed by atoms with E-state index in [4.69, 9.17) is 0 Å². The number of amides is 2. The number of carbonyl (C=O) groups is 2. The molecular weight excluding hydrogens is 247 g/mol. The van der Waals surface area contributed by atoms with Gasteiger partial charge >= 0.3 is 0 Å². The molecule has 19 heavy (non-hydrogen) atoms. The van der Waals surface area contributed by atoms with E-state index >= 15 is 0 Å². The Morgan fingerprint density at radius 3 is 2.63 bits per heavy atom. The molecule has 1 aromatic rings. The Labute approximate surface area is 112 Å². The number of aryl methyl sites for hydroxylation is 1. The second-order valence-electron chi connectivity index (χ2n) is 4.45. The van der Waals surface area contributed by atoms with Crippen molar-refractivity contribution >= 4 is 11.8 Å². The van der Waals surface area contributed by atoms with Crippen LogP contribution in [0.2, 0.25) is 0 Å². The number of carbonyl (C=O) groups excluding carboxylic acids is 2. The zero-order valence-electron chi connectivity index (χ0n) is 11.4. The minimum absolute atomic E-state index is 0.207. The van der Waals surface area contributed by atoms with Gasteiger partial charge in [0, 0.05) is 12.1 Å². The van der Waals surface area contributed by atoms with Crippen molar-refractivity contribution in [1.82, 2.24) is 10.6 Å². The van der Waals surface area contributed by atoms with E-state index in [0.717, 1.165) is 6.42 Å². The standard InChI is InChI=1S/C14H19FN2O2/c1-4-7-16-13(18)10(3)17-14(19)11-6-5-9(2)12(15)8-11/h5-6,8,10H,4,7H2,1-3H3,(H,16,18)(H,17,19)/t10-/m0/s1. The third kappa shape index (κ3) is 4.35. The Hall–Kier alpha value is -1.91. The lowest BCUT2D eigenvalue weighted by atomic mass is 10.1. The lowest BCUT2D eigenvalue weighted by Gasteiger charge is -2.14. The van der Waals surface area contributed by atoms with Crippen molar-refractivity contribution in [1.29, 1.82) is 0 Å². The van der Waals surface area contributed by atoms with Crippen LogP contribution in [0.3, 0.4) is 0 Å². The Morgan fingerprint density at radius 1 is 1.37 bits per heavy atom. The van der Waals surface area contributed by atoms with E-state index in [1.807, 2.05) is 6.92 Å². The smallest absolute Gasteiger partial charge is 0.252 e. The summed E-state index contributed by atoms with van der Waals surface area (Å²) in [4.78, 5) is 23.4. The van der Waals surface area contributed by atoms with Gasteiger partial charge in [0.2, 0.25) is 5.91 Å². The van der Waals surface area contributed by atoms with Crippen LogP contribution in [0, 0.1) is 12.7 Å². The predicted molar refractivity (Wildman–Crippen MR) is 71.4 cm³/mol. The summed E-state index contributed by atoms with van der Waals surface area (Å²) in [6.07, 6.45) is 0.829. The Morgan fingerprint density at radius 2 is 2.05 bits per heavy atom. The van der Waals surface area contributed by atoms with Crippen molar-refractivity contribution in [3.05, 3.63) is 35.1 Å². The summed E-state index contributed by atoms with van der Waals surface area (Å²) in [7, 11) is 0. The van der Waals surface area contributed by atoms with Gasteiger partial charge in [-0.2, -0.15) is 0 Å². The van der Waals surface area contributed by atoms with Gasteiger partial charge < -0.3 is 10.6 Å². The summed E-state index contributed by atoms with van der Waals surface area (Å²) in [5.41, 5.74) is 0.684. The lowest BCUT2D eigenvalue weighted by Crippen LogP contribution is -2.45. The van der Waals surface area contributed by atoms with E-state index in [1.165, 1.54) is 18.2 Å². The molecule has 0 spiro atoms. The molecule has 0 fully saturated rings. The molecule has 0 radical (unpaired) electrons. The highest BCUT2D eigenvalue weighted by Gasteiger charge is 2.16. The van der Waals surface area contributed by atoms with Crippen LogP contribution in [0.4, 0.5) is 4.39 Å². The quantitative estimate of drug-likeness (QED) is 0.853. The van der Waals surface area contributed by atoms with E-state index in [-0.39, 0.29) is 11.5 Å². The van der Waals surface area contributed by atoms with Gasteiger partial charge in [-0.25, -0.2) is 4.39 Å². The minimum Gasteiger partial charge on any atom is -0.354 e. The average molecular weight is 266 g/mol. The second-order valence-corrected chi connectivity index (χ2v) is 4.45. The van der Waals surface area contributed by atoms with E-state index in [2.05, 4.69) is 10.6 Å². The normalized spacial score (nSPS) is 11.8. The SMILES string of the molecule is CCCNC(=O)[C@H](C)NC(=O)c1ccc(C)c(F)c1. The summed E-state index contributed by atoms with van der Waals surface area (Å²) in [6, 6.07) is 3.58. The molecule has 0 saturated heterocycles. The van der Waals surface area contributed by atoms with Gasteiger partial charge in [0.25, 0.3) is 5.91 Å². The molecule has 0 unspecified atom stereocenters. The maximum Gasteiger partial charge on any atom is 0.252 e. The monoisotopic (exact) mass is 266 g/mol. The van der Waals surface area contributed by atoms with Crippen LogP contribution in [-0.4, -0.2) is 24.4 Å². The topological polar surface area (TPSA) is 58.2 Å². The molecule has 0 aliphatic carbocycles. The van der Waals surface area contributed by atoms with Gasteiger partial charge in [-0.05, 0) is 38.0 Å². The molecule has 104 valence electrons. The number of nitrogens with one attached hydrogen (secondary N) is 2. The van der Waals surface area contributed by atoms with Gasteiger partial charge in [0.1, 0.15) is 11.9 Å². The van der Waals surface area contributed by atoms with Crippen molar-refractivity contribution in [3.8, 4) is 0 Å². The summed E-state index contributed by atoms with van der Waals surface area (Å²) in [5, 5.41) is 5.22. The number of hydrogen-bond acceptors (Lipinski definition) is 2. The van der Waals surface area contributed by atoms with Crippen LogP contribution in [0.1, 0.15) is 36.2 Å². The first-order valence-corrected chi connectivity index (χ1v) is 6.30. The van der Waals surface area contributed by atoms with Crippen molar-refractivity contribution in [2.24, 2.45) is 0 Å². The van der Waals surface area contributed by atoms with Gasteiger partial charge in [0.15, 0.2) is 0 Å². The Kier molecular flexibility index (Phi) is 5.48. The molecule has 0 aliphatic rings. The van der Waals surface area contributed by atoms with Crippen molar-refractivity contribution < 1.29 is 14.0 Å². The van der Waals surface area contributed by atoms with Crippen LogP contribution in [0.15, 0.2) is 18.2 Å². The Bertz CT molecular complexity index is 475. The number of rotatable bonds is 5. The van der Waals surface area contributed by atoms with Crippen molar-refractivity contribution in [2.75, 3.05) is 6.54 Å². The summed E-state index contributed by atoms with van der Waals surface area (Å²) >= 11 is 0. The minimum atomic E-state index is -0.650. The molecule has 5 heteroatoms. The number of benzene rings is 1. The highest BCUT2D eigenvalue weighted by molar-refractivity contribution is 5.97. The van der Waals surface area contributed by atoms with Crippen molar-refractivity contribution in [3.63, 3.8) is 0 Å². The largest absolute Gasteiger partial charge is 0.354 e. The van der Waals surface area contributed by atoms with E-state index in [9.17, 15) is 14.0 Å². The highest BCUT2D eigenvalue weighted by atomic mass is 19.1. The van der Waals surface area contributed by atoms with Crippen LogP contribution >= 0.6 is 0 Å². The summed E-state index contributed by atoms with van der Waals surface area (Å²) in [6.45, 7) is 5.72. The zero-order chi connectivity index (χ0) is 14.4. The van der Waals surface area contributed by atoms with Gasteiger partial charge in [-0.15, -0.1) is 0 Å². The molecule has 0 saturated carbocycles. The maximum atomic E-state index is 13.3. The third-order valence-electron chi connectivity index (χ3n) is 2.72. The molecule has 1 rings (SSSR count). The van der Waals surface area contributed by atoms with E-state index < -0.39 is 17.8 Å². The highest BCUT2D eigenvalue weighted by Crippen LogP contribution is 2.09.